The van der Waals surface area contributed by atoms with Crippen LogP contribution in [0.1, 0.15) is 17.4 Å². The maximum atomic E-state index is 6.31. The Labute approximate surface area is 137 Å². The van der Waals surface area contributed by atoms with Gasteiger partial charge in [0.1, 0.15) is 11.3 Å². The van der Waals surface area contributed by atoms with E-state index < -0.39 is 0 Å². The summed E-state index contributed by atoms with van der Waals surface area (Å²) in [6.07, 6.45) is 0. The molecule has 0 aliphatic heterocycles. The van der Waals surface area contributed by atoms with Crippen LogP contribution in [0.5, 0.6) is 0 Å². The molecule has 0 saturated heterocycles. The van der Waals surface area contributed by atoms with Crippen molar-refractivity contribution in [3.05, 3.63) is 68.9 Å². The van der Waals surface area contributed by atoms with Crippen LogP contribution in [0.25, 0.3) is 11.0 Å². The van der Waals surface area contributed by atoms with E-state index in [1.165, 1.54) is 0 Å². The van der Waals surface area contributed by atoms with Crippen molar-refractivity contribution in [3.8, 4) is 0 Å². The first-order valence-corrected chi connectivity index (χ1v) is 7.53. The van der Waals surface area contributed by atoms with Crippen molar-refractivity contribution in [2.45, 2.75) is 6.04 Å². The second-order valence-corrected chi connectivity index (χ2v) is 5.92. The molecule has 5 heteroatoms. The number of nitrogens with one attached hydrogen (secondary N) is 1. The lowest BCUT2D eigenvalue weighted by atomic mass is 10.0. The number of hydrogen-bond donors (Lipinski definition) is 1. The Kier molecular flexibility index (Phi) is 4.14. The highest BCUT2D eigenvalue weighted by Gasteiger charge is 2.20. The van der Waals surface area contributed by atoms with Crippen LogP contribution in [0, 0.1) is 0 Å². The third-order valence-corrected chi connectivity index (χ3v) is 4.43. The number of rotatable bonds is 3. The van der Waals surface area contributed by atoms with E-state index in [1.54, 1.807) is 12.1 Å². The molecule has 1 atom stereocenters. The van der Waals surface area contributed by atoms with E-state index in [0.29, 0.717) is 15.1 Å². The average Bonchev–Trinajstić information content (AvgIpc) is 2.87. The van der Waals surface area contributed by atoms with Crippen LogP contribution in [0.4, 0.5) is 0 Å². The normalized spacial score (nSPS) is 12.8. The molecular formula is C16H12Cl3NO. The van der Waals surface area contributed by atoms with Crippen LogP contribution >= 0.6 is 34.8 Å². The Morgan fingerprint density at radius 2 is 1.86 bits per heavy atom. The van der Waals surface area contributed by atoms with Gasteiger partial charge in [0, 0.05) is 10.4 Å². The highest BCUT2D eigenvalue weighted by atomic mass is 35.5. The first-order chi connectivity index (χ1) is 10.1. The molecule has 0 amide bonds. The predicted octanol–water partition coefficient (Wildman–Crippen LogP) is 5.70. The highest BCUT2D eigenvalue weighted by molar-refractivity contribution is 6.42. The summed E-state index contributed by atoms with van der Waals surface area (Å²) in [6, 6.07) is 12.9. The minimum atomic E-state index is -0.178. The van der Waals surface area contributed by atoms with Crippen molar-refractivity contribution in [1.82, 2.24) is 5.32 Å². The Morgan fingerprint density at radius 3 is 2.62 bits per heavy atom. The smallest absolute Gasteiger partial charge is 0.134 e. The molecule has 21 heavy (non-hydrogen) atoms. The molecule has 0 bridgehead atoms. The van der Waals surface area contributed by atoms with Gasteiger partial charge in [-0.1, -0.05) is 46.9 Å². The fourth-order valence-corrected chi connectivity index (χ4v) is 2.97. The number of furan rings is 1. The lowest BCUT2D eigenvalue weighted by Gasteiger charge is -2.16. The topological polar surface area (TPSA) is 25.2 Å². The van der Waals surface area contributed by atoms with Crippen molar-refractivity contribution in [1.29, 1.82) is 0 Å². The Hall–Kier alpha value is -1.19. The molecule has 2 nitrogen and oxygen atoms in total. The third kappa shape index (κ3) is 2.77. The van der Waals surface area contributed by atoms with Crippen molar-refractivity contribution >= 4 is 45.8 Å². The van der Waals surface area contributed by atoms with Gasteiger partial charge in [0.2, 0.25) is 0 Å². The van der Waals surface area contributed by atoms with E-state index in [-0.39, 0.29) is 6.04 Å². The van der Waals surface area contributed by atoms with Gasteiger partial charge in [-0.3, -0.25) is 0 Å². The molecular weight excluding hydrogens is 329 g/mol. The number of halogens is 3. The van der Waals surface area contributed by atoms with E-state index in [1.807, 2.05) is 37.4 Å². The van der Waals surface area contributed by atoms with Crippen LogP contribution in [0.3, 0.4) is 0 Å². The summed E-state index contributed by atoms with van der Waals surface area (Å²) < 4.78 is 5.90. The minimum Gasteiger partial charge on any atom is -0.459 e. The Balaban J connectivity index is 2.11. The molecule has 1 aromatic heterocycles. The summed E-state index contributed by atoms with van der Waals surface area (Å²) in [4.78, 5) is 0. The van der Waals surface area contributed by atoms with Crippen LogP contribution in [-0.4, -0.2) is 7.05 Å². The zero-order valence-corrected chi connectivity index (χ0v) is 13.4. The fourth-order valence-electron chi connectivity index (χ4n) is 2.37. The predicted molar refractivity (Wildman–Crippen MR) is 88.6 cm³/mol. The van der Waals surface area contributed by atoms with Gasteiger partial charge in [-0.05, 0) is 42.9 Å². The van der Waals surface area contributed by atoms with Gasteiger partial charge in [0.05, 0.1) is 16.1 Å². The molecule has 2 aromatic carbocycles. The molecule has 1 heterocycles. The molecule has 3 aromatic rings. The highest BCUT2D eigenvalue weighted by Crippen LogP contribution is 2.35. The third-order valence-electron chi connectivity index (χ3n) is 3.36. The van der Waals surface area contributed by atoms with Gasteiger partial charge < -0.3 is 9.73 Å². The van der Waals surface area contributed by atoms with Crippen LogP contribution in [0.2, 0.25) is 15.1 Å². The Morgan fingerprint density at radius 1 is 1.05 bits per heavy atom. The summed E-state index contributed by atoms with van der Waals surface area (Å²) in [6.45, 7) is 0. The number of fused-ring (bicyclic) bond motifs is 1. The second-order valence-electron chi connectivity index (χ2n) is 4.70. The molecule has 1 N–H and O–H groups in total. The standard InChI is InChI=1S/C16H12Cl3NO/c1-20-16(11-3-2-4-12(18)15(11)19)14-8-9-7-10(17)5-6-13(9)21-14/h2-8,16,20H,1H3. The van der Waals surface area contributed by atoms with Gasteiger partial charge >= 0.3 is 0 Å². The van der Waals surface area contributed by atoms with E-state index >= 15 is 0 Å². The average molecular weight is 341 g/mol. The second kappa shape index (κ2) is 5.90. The minimum absolute atomic E-state index is 0.178. The molecule has 3 rings (SSSR count). The van der Waals surface area contributed by atoms with Crippen LogP contribution < -0.4 is 5.32 Å². The molecule has 0 aliphatic carbocycles. The quantitative estimate of drug-likeness (QED) is 0.661. The maximum Gasteiger partial charge on any atom is 0.134 e. The summed E-state index contributed by atoms with van der Waals surface area (Å²) in [5, 5.41) is 5.89. The lowest BCUT2D eigenvalue weighted by molar-refractivity contribution is 0.492. The molecule has 0 aliphatic rings. The Bertz CT molecular complexity index is 797. The maximum absolute atomic E-state index is 6.31. The van der Waals surface area contributed by atoms with Gasteiger partial charge in [-0.15, -0.1) is 0 Å². The van der Waals surface area contributed by atoms with Gasteiger partial charge in [-0.2, -0.15) is 0 Å². The number of benzene rings is 2. The molecule has 108 valence electrons. The molecule has 1 unspecified atom stereocenters. The van der Waals surface area contributed by atoms with E-state index in [2.05, 4.69) is 5.32 Å². The lowest BCUT2D eigenvalue weighted by Crippen LogP contribution is -2.17. The van der Waals surface area contributed by atoms with Crippen molar-refractivity contribution in [2.24, 2.45) is 0 Å². The molecule has 0 spiro atoms. The molecule has 0 radical (unpaired) electrons. The van der Waals surface area contributed by atoms with Crippen molar-refractivity contribution in [3.63, 3.8) is 0 Å². The van der Waals surface area contributed by atoms with E-state index in [4.69, 9.17) is 39.2 Å². The zero-order chi connectivity index (χ0) is 15.0. The van der Waals surface area contributed by atoms with E-state index in [9.17, 15) is 0 Å². The van der Waals surface area contributed by atoms with Crippen LogP contribution in [-0.2, 0) is 0 Å². The zero-order valence-electron chi connectivity index (χ0n) is 11.2. The van der Waals surface area contributed by atoms with Crippen molar-refractivity contribution < 1.29 is 4.42 Å². The van der Waals surface area contributed by atoms with Gasteiger partial charge in [0.25, 0.3) is 0 Å². The fraction of sp³-hybridized carbons (Fsp3) is 0.125. The summed E-state index contributed by atoms with van der Waals surface area (Å²) in [5.74, 6) is 0.763. The van der Waals surface area contributed by atoms with E-state index in [0.717, 1.165) is 22.3 Å². The molecule has 0 fully saturated rings. The molecule has 0 saturated carbocycles. The van der Waals surface area contributed by atoms with Gasteiger partial charge in [-0.25, -0.2) is 0 Å². The van der Waals surface area contributed by atoms with Crippen LogP contribution in [0.15, 0.2) is 46.9 Å². The summed E-state index contributed by atoms with van der Waals surface area (Å²) in [5.41, 5.74) is 1.66. The monoisotopic (exact) mass is 339 g/mol. The van der Waals surface area contributed by atoms with Crippen molar-refractivity contribution in [2.75, 3.05) is 7.05 Å². The first-order valence-electron chi connectivity index (χ1n) is 6.40. The SMILES string of the molecule is CNC(c1cc2cc(Cl)ccc2o1)c1cccc(Cl)c1Cl. The summed E-state index contributed by atoms with van der Waals surface area (Å²) >= 11 is 18.4. The largest absolute Gasteiger partial charge is 0.459 e. The number of hydrogen-bond acceptors (Lipinski definition) is 2. The first kappa shape index (κ1) is 14.7. The summed E-state index contributed by atoms with van der Waals surface area (Å²) in [7, 11) is 1.85. The van der Waals surface area contributed by atoms with Gasteiger partial charge in [0.15, 0.2) is 0 Å².